The fraction of sp³-hybridized carbons (Fsp3) is 0.167. The van der Waals surface area contributed by atoms with Crippen LogP contribution < -0.4 is 5.32 Å². The second-order valence-corrected chi connectivity index (χ2v) is 5.14. The lowest BCUT2D eigenvalue weighted by Crippen LogP contribution is -2.21. The van der Waals surface area contributed by atoms with Crippen LogP contribution in [0.1, 0.15) is 27.0 Å². The highest BCUT2D eigenvalue weighted by atomic mass is 16.5. The highest BCUT2D eigenvalue weighted by Gasteiger charge is 2.13. The summed E-state index contributed by atoms with van der Waals surface area (Å²) in [4.78, 5) is 23.9. The van der Waals surface area contributed by atoms with Gasteiger partial charge in [0, 0.05) is 5.69 Å². The zero-order chi connectivity index (χ0) is 16.8. The summed E-state index contributed by atoms with van der Waals surface area (Å²) in [6, 6.07) is 14.0. The molecule has 1 N–H and O–H groups in total. The van der Waals surface area contributed by atoms with Crippen molar-refractivity contribution in [2.45, 2.75) is 13.8 Å². The van der Waals surface area contributed by atoms with Crippen molar-refractivity contribution in [1.29, 1.82) is 5.26 Å². The fourth-order valence-electron chi connectivity index (χ4n) is 2.03. The molecule has 23 heavy (non-hydrogen) atoms. The first kappa shape index (κ1) is 16.2. The molecule has 0 aromatic heterocycles. The highest BCUT2D eigenvalue weighted by Crippen LogP contribution is 2.12. The molecule has 116 valence electrons. The molecule has 5 nitrogen and oxygen atoms in total. The van der Waals surface area contributed by atoms with Crippen LogP contribution in [0, 0.1) is 25.2 Å². The van der Waals surface area contributed by atoms with Gasteiger partial charge in [0.1, 0.15) is 0 Å². The predicted octanol–water partition coefficient (Wildman–Crippen LogP) is 2.97. The van der Waals surface area contributed by atoms with Crippen molar-refractivity contribution in [1.82, 2.24) is 0 Å². The Morgan fingerprint density at radius 3 is 2.70 bits per heavy atom. The topological polar surface area (TPSA) is 79.2 Å². The largest absolute Gasteiger partial charge is 0.452 e. The fourth-order valence-corrected chi connectivity index (χ4v) is 2.03. The standard InChI is InChI=1S/C18H16N2O3/c1-12-6-7-13(2)16(8-12)18(22)23-11-17(21)20-15-5-3-4-14(9-15)10-19/h3-9H,11H2,1-2H3,(H,20,21). The van der Waals surface area contributed by atoms with Crippen LogP contribution >= 0.6 is 0 Å². The van der Waals surface area contributed by atoms with Crippen LogP contribution in [0.2, 0.25) is 0 Å². The van der Waals surface area contributed by atoms with Gasteiger partial charge in [-0.1, -0.05) is 23.8 Å². The summed E-state index contributed by atoms with van der Waals surface area (Å²) in [6.45, 7) is 3.30. The van der Waals surface area contributed by atoms with Gasteiger partial charge >= 0.3 is 5.97 Å². The normalized spacial score (nSPS) is 9.78. The number of ether oxygens (including phenoxy) is 1. The maximum atomic E-state index is 12.0. The van der Waals surface area contributed by atoms with E-state index in [1.54, 1.807) is 30.3 Å². The summed E-state index contributed by atoms with van der Waals surface area (Å²) < 4.78 is 5.04. The lowest BCUT2D eigenvalue weighted by Gasteiger charge is -2.09. The number of hydrogen-bond donors (Lipinski definition) is 1. The van der Waals surface area contributed by atoms with Gasteiger partial charge in [-0.25, -0.2) is 4.79 Å². The van der Waals surface area contributed by atoms with Gasteiger partial charge in [-0.15, -0.1) is 0 Å². The van der Waals surface area contributed by atoms with Gasteiger partial charge in [-0.3, -0.25) is 4.79 Å². The number of nitriles is 1. The molecule has 5 heteroatoms. The zero-order valence-electron chi connectivity index (χ0n) is 12.9. The number of hydrogen-bond acceptors (Lipinski definition) is 4. The minimum Gasteiger partial charge on any atom is -0.452 e. The van der Waals surface area contributed by atoms with Crippen molar-refractivity contribution < 1.29 is 14.3 Å². The number of amides is 1. The molecule has 0 aliphatic rings. The van der Waals surface area contributed by atoms with E-state index in [1.165, 1.54) is 0 Å². The van der Waals surface area contributed by atoms with E-state index in [-0.39, 0.29) is 6.61 Å². The summed E-state index contributed by atoms with van der Waals surface area (Å²) in [5.41, 5.74) is 3.11. The molecule has 1 amide bonds. The predicted molar refractivity (Wildman–Crippen MR) is 86.0 cm³/mol. The number of carbonyl (C=O) groups excluding carboxylic acids is 2. The number of nitrogens with zero attached hydrogens (tertiary/aromatic N) is 1. The molecule has 0 aliphatic heterocycles. The molecular formula is C18H16N2O3. The molecule has 0 aliphatic carbocycles. The second-order valence-electron chi connectivity index (χ2n) is 5.14. The molecule has 0 fully saturated rings. The third-order valence-electron chi connectivity index (χ3n) is 3.22. The van der Waals surface area contributed by atoms with Crippen LogP contribution in [0.25, 0.3) is 0 Å². The van der Waals surface area contributed by atoms with Gasteiger partial charge in [-0.05, 0) is 43.7 Å². The Balaban J connectivity index is 1.95. The second kappa shape index (κ2) is 7.23. The molecule has 0 atom stereocenters. The van der Waals surface area contributed by atoms with E-state index in [4.69, 9.17) is 10.00 Å². The number of aryl methyl sites for hydroxylation is 2. The lowest BCUT2D eigenvalue weighted by molar-refractivity contribution is -0.119. The molecule has 0 spiro atoms. The van der Waals surface area contributed by atoms with Crippen LogP contribution in [0.5, 0.6) is 0 Å². The van der Waals surface area contributed by atoms with E-state index in [0.29, 0.717) is 16.8 Å². The quantitative estimate of drug-likeness (QED) is 0.881. The van der Waals surface area contributed by atoms with Crippen molar-refractivity contribution in [3.63, 3.8) is 0 Å². The Labute approximate surface area is 134 Å². The Kier molecular flexibility index (Phi) is 5.11. The Morgan fingerprint density at radius 1 is 1.17 bits per heavy atom. The average molecular weight is 308 g/mol. The van der Waals surface area contributed by atoms with Gasteiger partial charge in [0.05, 0.1) is 17.2 Å². The van der Waals surface area contributed by atoms with Gasteiger partial charge in [-0.2, -0.15) is 5.26 Å². The van der Waals surface area contributed by atoms with Crippen LogP contribution in [-0.4, -0.2) is 18.5 Å². The molecule has 0 heterocycles. The summed E-state index contributed by atoms with van der Waals surface area (Å²) in [5, 5.41) is 11.4. The molecule has 0 saturated heterocycles. The van der Waals surface area contributed by atoms with E-state index >= 15 is 0 Å². The lowest BCUT2D eigenvalue weighted by atomic mass is 10.1. The van der Waals surface area contributed by atoms with Crippen LogP contribution in [0.3, 0.4) is 0 Å². The number of anilines is 1. The number of esters is 1. The van der Waals surface area contributed by atoms with E-state index in [2.05, 4.69) is 5.32 Å². The van der Waals surface area contributed by atoms with Crippen molar-refractivity contribution in [3.8, 4) is 6.07 Å². The van der Waals surface area contributed by atoms with Crippen LogP contribution in [0.15, 0.2) is 42.5 Å². The Morgan fingerprint density at radius 2 is 1.96 bits per heavy atom. The minimum atomic E-state index is -0.535. The van der Waals surface area contributed by atoms with E-state index < -0.39 is 11.9 Å². The van der Waals surface area contributed by atoms with Gasteiger partial charge in [0.15, 0.2) is 6.61 Å². The average Bonchev–Trinajstić information content (AvgIpc) is 2.55. The summed E-state index contributed by atoms with van der Waals surface area (Å²) in [7, 11) is 0. The highest BCUT2D eigenvalue weighted by molar-refractivity contribution is 5.96. The Hall–Kier alpha value is -3.13. The van der Waals surface area contributed by atoms with Crippen molar-refractivity contribution in [3.05, 3.63) is 64.7 Å². The molecule has 0 saturated carbocycles. The third-order valence-corrected chi connectivity index (χ3v) is 3.22. The van der Waals surface area contributed by atoms with E-state index in [9.17, 15) is 9.59 Å². The monoisotopic (exact) mass is 308 g/mol. The molecule has 0 radical (unpaired) electrons. The van der Waals surface area contributed by atoms with Gasteiger partial charge in [0.25, 0.3) is 5.91 Å². The molecule has 2 aromatic carbocycles. The molecule has 0 bridgehead atoms. The molecule has 2 aromatic rings. The first-order valence-corrected chi connectivity index (χ1v) is 7.04. The minimum absolute atomic E-state index is 0.386. The van der Waals surface area contributed by atoms with Crippen molar-refractivity contribution in [2.24, 2.45) is 0 Å². The maximum absolute atomic E-state index is 12.0. The number of nitrogens with one attached hydrogen (secondary N) is 1. The third kappa shape index (κ3) is 4.42. The van der Waals surface area contributed by atoms with E-state index in [1.807, 2.05) is 32.0 Å². The maximum Gasteiger partial charge on any atom is 0.338 e. The molecule has 0 unspecified atom stereocenters. The number of benzene rings is 2. The van der Waals surface area contributed by atoms with Crippen molar-refractivity contribution in [2.75, 3.05) is 11.9 Å². The first-order chi connectivity index (χ1) is 11.0. The van der Waals surface area contributed by atoms with Crippen LogP contribution in [-0.2, 0) is 9.53 Å². The van der Waals surface area contributed by atoms with Crippen LogP contribution in [0.4, 0.5) is 5.69 Å². The summed E-state index contributed by atoms with van der Waals surface area (Å²) in [6.07, 6.45) is 0. The number of rotatable bonds is 4. The first-order valence-electron chi connectivity index (χ1n) is 7.04. The molecule has 2 rings (SSSR count). The summed E-state index contributed by atoms with van der Waals surface area (Å²) in [5.74, 6) is -0.995. The Bertz CT molecular complexity index is 791. The smallest absolute Gasteiger partial charge is 0.338 e. The van der Waals surface area contributed by atoms with Crippen molar-refractivity contribution >= 4 is 17.6 Å². The zero-order valence-corrected chi connectivity index (χ0v) is 12.9. The number of carbonyl (C=O) groups is 2. The van der Waals surface area contributed by atoms with Gasteiger partial charge in [0.2, 0.25) is 0 Å². The molecular weight excluding hydrogens is 292 g/mol. The van der Waals surface area contributed by atoms with E-state index in [0.717, 1.165) is 11.1 Å². The SMILES string of the molecule is Cc1ccc(C)c(C(=O)OCC(=O)Nc2cccc(C#N)c2)c1. The van der Waals surface area contributed by atoms with Gasteiger partial charge < -0.3 is 10.1 Å². The summed E-state index contributed by atoms with van der Waals surface area (Å²) >= 11 is 0.